The summed E-state index contributed by atoms with van der Waals surface area (Å²) in [7, 11) is 0. The van der Waals surface area contributed by atoms with Gasteiger partial charge in [-0.3, -0.25) is 0 Å². The Morgan fingerprint density at radius 3 is 2.40 bits per heavy atom. The zero-order valence-electron chi connectivity index (χ0n) is 5.15. The van der Waals surface area contributed by atoms with E-state index in [1.807, 2.05) is 6.07 Å². The van der Waals surface area contributed by atoms with Crippen LogP contribution in [0.25, 0.3) is 0 Å². The van der Waals surface area contributed by atoms with E-state index in [1.165, 1.54) is 0 Å². The van der Waals surface area contributed by atoms with Crippen LogP contribution in [0.3, 0.4) is 0 Å². The first-order valence-electron chi connectivity index (χ1n) is 2.57. The second kappa shape index (κ2) is 3.35. The van der Waals surface area contributed by atoms with E-state index < -0.39 is 0 Å². The summed E-state index contributed by atoms with van der Waals surface area (Å²) in [5.41, 5.74) is 0. The summed E-state index contributed by atoms with van der Waals surface area (Å²) in [6.07, 6.45) is 0. The van der Waals surface area contributed by atoms with Crippen molar-refractivity contribution < 1.29 is 4.79 Å². The van der Waals surface area contributed by atoms with Gasteiger partial charge in [0.2, 0.25) is 0 Å². The van der Waals surface area contributed by atoms with Crippen LogP contribution in [0, 0.1) is 0 Å². The monoisotopic (exact) mass is 330 g/mol. The molecule has 1 heterocycles. The molecule has 0 atom stereocenters. The van der Waals surface area contributed by atoms with Gasteiger partial charge < -0.3 is 0 Å². The van der Waals surface area contributed by atoms with Crippen molar-refractivity contribution in [3.05, 3.63) is 18.3 Å². The number of hydrogen-bond acceptors (Lipinski definition) is 1. The molecule has 1 nitrogen and oxygen atoms in total. The zero-order chi connectivity index (χ0) is 7.72. The van der Waals surface area contributed by atoms with Gasteiger partial charge in [-0.25, -0.2) is 0 Å². The number of carbonyl (C=O) groups excluding carboxylic acids is 1. The summed E-state index contributed by atoms with van der Waals surface area (Å²) in [6.45, 7) is 1.60. The maximum atomic E-state index is 10.8. The van der Waals surface area contributed by atoms with Crippen molar-refractivity contribution >= 4 is 52.1 Å². The van der Waals surface area contributed by atoms with Crippen molar-refractivity contribution in [3.8, 4) is 0 Å². The summed E-state index contributed by atoms with van der Waals surface area (Å²) in [5.74, 6) is 0.173. The first-order valence-corrected chi connectivity index (χ1v) is 5.87. The third-order valence-electron chi connectivity index (χ3n) is 0.992. The molecule has 10 heavy (non-hydrogen) atoms. The van der Waals surface area contributed by atoms with E-state index in [1.54, 1.807) is 6.92 Å². The standard InChI is InChI=1S/C6H4Br2OSe/c1-3(9)5-2-4(7)6(8)10-5/h2H,1H3. The Balaban J connectivity index is 3.10. The molecule has 0 spiro atoms. The minimum atomic E-state index is 0.173. The Morgan fingerprint density at radius 1 is 1.60 bits per heavy atom. The summed E-state index contributed by atoms with van der Waals surface area (Å²) in [4.78, 5) is 10.8. The molecule has 54 valence electrons. The molecule has 0 aliphatic carbocycles. The molecule has 0 saturated carbocycles. The summed E-state index contributed by atoms with van der Waals surface area (Å²) >= 11 is 6.90. The number of Topliss-reactive ketones (excluding diaryl/α,β-unsaturated/α-hetero) is 1. The minimum absolute atomic E-state index is 0.173. The summed E-state index contributed by atoms with van der Waals surface area (Å²) in [5, 5.41) is 0. The van der Waals surface area contributed by atoms with Gasteiger partial charge in [0.1, 0.15) is 0 Å². The first-order chi connectivity index (χ1) is 4.61. The molecule has 1 aromatic rings. The van der Waals surface area contributed by atoms with Crippen LogP contribution in [0.2, 0.25) is 0 Å². The topological polar surface area (TPSA) is 17.1 Å². The fourth-order valence-electron chi connectivity index (χ4n) is 0.520. The van der Waals surface area contributed by atoms with Gasteiger partial charge in [-0.15, -0.1) is 0 Å². The molecule has 0 amide bonds. The average molecular weight is 331 g/mol. The van der Waals surface area contributed by atoms with Crippen LogP contribution in [0.1, 0.15) is 16.2 Å². The van der Waals surface area contributed by atoms with Gasteiger partial charge in [0.05, 0.1) is 0 Å². The van der Waals surface area contributed by atoms with Crippen LogP contribution >= 0.6 is 31.9 Å². The quantitative estimate of drug-likeness (QED) is 0.571. The molecule has 0 N–H and O–H groups in total. The predicted octanol–water partition coefficient (Wildman–Crippen LogP) is 2.47. The van der Waals surface area contributed by atoms with Crippen molar-refractivity contribution in [2.45, 2.75) is 6.92 Å². The van der Waals surface area contributed by atoms with Crippen LogP contribution in [0.15, 0.2) is 13.9 Å². The molecule has 0 fully saturated rings. The van der Waals surface area contributed by atoms with Gasteiger partial charge in [-0.2, -0.15) is 0 Å². The molecule has 0 radical (unpaired) electrons. The van der Waals surface area contributed by atoms with E-state index in [-0.39, 0.29) is 20.3 Å². The molecule has 0 aliphatic rings. The SMILES string of the molecule is CC(=O)c1cc(Br)c(Br)[se]1. The normalized spacial score (nSPS) is 9.90. The molecule has 4 heteroatoms. The number of rotatable bonds is 1. The molecule has 0 saturated heterocycles. The molecule has 1 aromatic heterocycles. The Kier molecular flexibility index (Phi) is 2.92. The van der Waals surface area contributed by atoms with Gasteiger partial charge in [-0.05, 0) is 0 Å². The van der Waals surface area contributed by atoms with Crippen molar-refractivity contribution in [1.82, 2.24) is 0 Å². The Bertz CT molecular complexity index is 247. The summed E-state index contributed by atoms with van der Waals surface area (Å²) in [6, 6.07) is 1.88. The fraction of sp³-hybridized carbons (Fsp3) is 0.167. The molecule has 0 bridgehead atoms. The Morgan fingerprint density at radius 2 is 2.20 bits per heavy atom. The second-order valence-corrected chi connectivity index (χ2v) is 6.82. The van der Waals surface area contributed by atoms with E-state index in [0.29, 0.717) is 0 Å². The molecule has 0 unspecified atom stereocenters. The molecular weight excluding hydrogens is 327 g/mol. The van der Waals surface area contributed by atoms with Crippen molar-refractivity contribution in [2.75, 3.05) is 0 Å². The fourth-order valence-corrected chi connectivity index (χ4v) is 3.94. The van der Waals surface area contributed by atoms with E-state index in [4.69, 9.17) is 0 Å². The van der Waals surface area contributed by atoms with Crippen LogP contribution < -0.4 is 0 Å². The average Bonchev–Trinajstić information content (AvgIpc) is 2.13. The number of ketones is 1. The van der Waals surface area contributed by atoms with E-state index in [0.717, 1.165) is 12.3 Å². The molecule has 0 aromatic carbocycles. The molecule has 0 aliphatic heterocycles. The number of carbonyl (C=O) groups is 1. The van der Waals surface area contributed by atoms with Gasteiger partial charge in [0, 0.05) is 0 Å². The Labute approximate surface area is 81.8 Å². The van der Waals surface area contributed by atoms with Gasteiger partial charge in [0.15, 0.2) is 0 Å². The number of hydrogen-bond donors (Lipinski definition) is 0. The molecular formula is C6H4Br2OSe. The van der Waals surface area contributed by atoms with Crippen molar-refractivity contribution in [1.29, 1.82) is 0 Å². The zero-order valence-corrected chi connectivity index (χ0v) is 10.0. The van der Waals surface area contributed by atoms with Gasteiger partial charge in [-0.1, -0.05) is 0 Å². The van der Waals surface area contributed by atoms with Crippen LogP contribution in [-0.4, -0.2) is 20.3 Å². The van der Waals surface area contributed by atoms with Crippen LogP contribution in [-0.2, 0) is 0 Å². The van der Waals surface area contributed by atoms with E-state index in [9.17, 15) is 4.79 Å². The van der Waals surface area contributed by atoms with Crippen molar-refractivity contribution in [3.63, 3.8) is 0 Å². The third kappa shape index (κ3) is 1.82. The van der Waals surface area contributed by atoms with Crippen LogP contribution in [0.5, 0.6) is 0 Å². The first kappa shape index (κ1) is 8.72. The van der Waals surface area contributed by atoms with E-state index in [2.05, 4.69) is 31.9 Å². The predicted molar refractivity (Wildman–Crippen MR) is 48.8 cm³/mol. The third-order valence-corrected chi connectivity index (χ3v) is 6.16. The maximum absolute atomic E-state index is 10.8. The Hall–Kier alpha value is 0.629. The summed E-state index contributed by atoms with van der Waals surface area (Å²) < 4.78 is 3.05. The van der Waals surface area contributed by atoms with Gasteiger partial charge >= 0.3 is 82.2 Å². The molecule has 1 rings (SSSR count). The van der Waals surface area contributed by atoms with Crippen LogP contribution in [0.4, 0.5) is 0 Å². The van der Waals surface area contributed by atoms with Crippen molar-refractivity contribution in [2.24, 2.45) is 0 Å². The second-order valence-electron chi connectivity index (χ2n) is 1.79. The van der Waals surface area contributed by atoms with Gasteiger partial charge in [0.25, 0.3) is 0 Å². The van der Waals surface area contributed by atoms with E-state index >= 15 is 0 Å². The number of halogens is 2.